The van der Waals surface area contributed by atoms with E-state index in [4.69, 9.17) is 7.16 Å². The molecule has 7 nitrogen and oxygen atoms in total. The van der Waals surface area contributed by atoms with E-state index in [0.29, 0.717) is 32.9 Å². The minimum Gasteiger partial charge on any atom is -0.456 e. The van der Waals surface area contributed by atoms with E-state index in [0.717, 1.165) is 35.6 Å². The number of nitrogens with zero attached hydrogens (tertiary/aromatic N) is 6. The predicted molar refractivity (Wildman–Crippen MR) is 350 cm³/mol. The highest BCUT2D eigenvalue weighted by atomic mass is 16.3. The summed E-state index contributed by atoms with van der Waals surface area (Å²) in [6, 6.07) is 16.9. The van der Waals surface area contributed by atoms with Crippen LogP contribution in [0.4, 0.5) is 5.69 Å². The molecule has 0 amide bonds. The number of benzene rings is 13. The Bertz CT molecular complexity index is 7080. The second-order valence-electron chi connectivity index (χ2n) is 20.2. The lowest BCUT2D eigenvalue weighted by molar-refractivity contribution is 0.669. The van der Waals surface area contributed by atoms with E-state index in [1.807, 2.05) is 72.8 Å². The maximum absolute atomic E-state index is 13.2. The summed E-state index contributed by atoms with van der Waals surface area (Å²) >= 11 is 0. The quantitative estimate of drug-likeness (QED) is 0.156. The zero-order valence-corrected chi connectivity index (χ0v) is 43.6. The summed E-state index contributed by atoms with van der Waals surface area (Å²) in [5.74, 6) is 0. The lowest BCUT2D eigenvalue weighted by atomic mass is 9.89. The minimum atomic E-state index is -0.972. The van der Waals surface area contributed by atoms with Gasteiger partial charge in [-0.25, -0.2) is 4.85 Å². The molecule has 18 rings (SSSR count). The van der Waals surface area contributed by atoms with Gasteiger partial charge in [-0.3, -0.25) is 0 Å². The van der Waals surface area contributed by atoms with Crippen molar-refractivity contribution in [2.24, 2.45) is 0 Å². The predicted octanol–water partition coefficient (Wildman–Crippen LogP) is 20.9. The molecule has 0 aliphatic carbocycles. The summed E-state index contributed by atoms with van der Waals surface area (Å²) in [6.45, 7) is 10.1. The van der Waals surface area contributed by atoms with Crippen LogP contribution in [0.1, 0.15) is 38.5 Å². The highest BCUT2D eigenvalue weighted by molar-refractivity contribution is 6.28. The second kappa shape index (κ2) is 17.8. The fraction of sp³-hybridized carbons (Fsp3) is 0. The lowest BCUT2D eigenvalue weighted by Gasteiger charge is -2.27. The summed E-state index contributed by atoms with van der Waals surface area (Å²) in [5, 5.41) is 12.9. The molecule has 7 heteroatoms. The fourth-order valence-electron chi connectivity index (χ4n) is 12.9. The van der Waals surface area contributed by atoms with Crippen molar-refractivity contribution in [1.29, 1.82) is 5.26 Å². The number of hydrogen-bond acceptors (Lipinski definition) is 2. The van der Waals surface area contributed by atoms with E-state index >= 15 is 0 Å². The minimum absolute atomic E-state index is 0.108. The van der Waals surface area contributed by atoms with Crippen LogP contribution in [0, 0.1) is 17.9 Å². The molecule has 0 saturated carbocycles. The van der Waals surface area contributed by atoms with Crippen molar-refractivity contribution in [2.75, 3.05) is 0 Å². The molecule has 0 fully saturated rings. The first-order valence-corrected chi connectivity index (χ1v) is 26.6. The summed E-state index contributed by atoms with van der Waals surface area (Å²) in [6.07, 6.45) is 0. The van der Waals surface area contributed by atoms with E-state index in [9.17, 15) is 42.0 Å². The van der Waals surface area contributed by atoms with Gasteiger partial charge in [-0.2, -0.15) is 5.26 Å². The number of furan rings is 1. The smallest absolute Gasteiger partial charge is 0.237 e. The van der Waals surface area contributed by atoms with Gasteiger partial charge in [0.25, 0.3) is 0 Å². The summed E-state index contributed by atoms with van der Waals surface area (Å²) in [4.78, 5) is 4.32. The Labute approximate surface area is 519 Å². The molecule has 0 saturated heterocycles. The van der Waals surface area contributed by atoms with Crippen molar-refractivity contribution in [1.82, 2.24) is 18.3 Å². The van der Waals surface area contributed by atoms with Gasteiger partial charge >= 0.3 is 0 Å². The third kappa shape index (κ3) is 6.36. The van der Waals surface area contributed by atoms with Gasteiger partial charge < -0.3 is 22.7 Å². The zero-order chi connectivity index (χ0) is 76.9. The number of fused-ring (bicyclic) bond motifs is 17. The molecule has 0 aliphatic heterocycles. The molecule has 18 aromatic rings. The van der Waals surface area contributed by atoms with E-state index in [1.165, 1.54) is 4.57 Å². The second-order valence-corrected chi connectivity index (χ2v) is 20.2. The first-order valence-electron chi connectivity index (χ1n) is 38.6. The molecule has 0 radical (unpaired) electrons. The molecule has 5 heterocycles. The maximum atomic E-state index is 13.2. The van der Waals surface area contributed by atoms with Gasteiger partial charge in [-0.15, -0.1) is 0 Å². The van der Waals surface area contributed by atoms with Gasteiger partial charge in [0, 0.05) is 48.5 Å². The Morgan fingerprint density at radius 2 is 0.800 bits per heavy atom. The Morgan fingerprint density at radius 1 is 0.353 bits per heavy atom. The average Bonchev–Trinajstić information content (AvgIpc) is 1.51. The summed E-state index contributed by atoms with van der Waals surface area (Å²) in [7, 11) is 0. The molecule has 0 spiro atoms. The van der Waals surface area contributed by atoms with E-state index in [2.05, 4.69) is 10.9 Å². The molecule has 392 valence electrons. The van der Waals surface area contributed by atoms with Crippen molar-refractivity contribution in [3.63, 3.8) is 0 Å². The van der Waals surface area contributed by atoms with Crippen molar-refractivity contribution in [2.45, 2.75) is 0 Å². The number of hydrogen-bond donors (Lipinski definition) is 0. The number of aromatic nitrogens is 4. The molecule has 85 heavy (non-hydrogen) atoms. The molecule has 13 aromatic carbocycles. The van der Waals surface area contributed by atoms with Crippen LogP contribution in [0.15, 0.2) is 271 Å². The van der Waals surface area contributed by atoms with Crippen LogP contribution in [0.5, 0.6) is 0 Å². The molecule has 0 unspecified atom stereocenters. The number of para-hydroxylation sites is 7. The highest BCUT2D eigenvalue weighted by Gasteiger charge is 2.36. The van der Waals surface area contributed by atoms with Crippen LogP contribution in [-0.4, -0.2) is 18.3 Å². The summed E-state index contributed by atoms with van der Waals surface area (Å²) in [5.41, 5.74) is -5.65. The van der Waals surface area contributed by atoms with Crippen molar-refractivity contribution < 1.29 is 37.3 Å². The van der Waals surface area contributed by atoms with Crippen LogP contribution in [0.3, 0.4) is 0 Å². The molecule has 5 aromatic heterocycles. The molecular formula is C78H44N6O. The summed E-state index contributed by atoms with van der Waals surface area (Å²) < 4.78 is 243. The SMILES string of the molecule is [2H]c1c([2H])c([2H])c2c(c1[2H])c1c([2H])c([2H])c([2H])c([2H])c1n2-c1c(C#N)c(-n2c3c([2H])c([2H])c([2H])c([2H])c3c3c([2H])c([2H])c([2H])c([2H])c32)c(-n2c3cccc(-c4ccccc4-c4cccc5ccccc45)c3c3ccc4oc5ccccc5c4c32)c(-n2c3c([2H])c([2H])c([2H])c([2H])c3c3c([2H])c([2H])c([2H])c([2H])c32)c1[N+]#[C-]. The first-order chi connectivity index (χ1) is 52.1. The van der Waals surface area contributed by atoms with Crippen molar-refractivity contribution >= 4 is 126 Å². The molecule has 0 bridgehead atoms. The standard InChI is InChI=1S/C78H44N6O/c1-80-73-75(81-62-36-13-6-27-52(62)53-28-7-14-37-63(53)81)61(46-79)76(82-64-38-15-8-29-54(64)55-30-9-16-39-65(55)82)78(77(73)83-66-40-17-10-31-56(66)57-32-11-18-41-67(57)83)84-68-42-21-35-58(51-26-5-4-25-50(51)49-34-20-23-47-22-2-3-24-48(47)49)71(68)60-44-45-70-72(74(60)84)59-33-12-19-43-69(59)85-70/h2-45H/i6D,7D,8D,9D,10D,11D,13D,14D,15D,16D,17D,18D,27D,28D,29D,30D,31D,32D,36D,37D,38D,39D,40D,41D. The molecule has 0 atom stereocenters. The average molecular weight is 1110 g/mol. The normalized spacial score (nSPS) is 15.9. The van der Waals surface area contributed by atoms with Gasteiger partial charge in [0.15, 0.2) is 0 Å². The van der Waals surface area contributed by atoms with Crippen molar-refractivity contribution in [3.05, 3.63) is 283 Å². The van der Waals surface area contributed by atoms with E-state index in [-0.39, 0.29) is 22.0 Å². The first kappa shape index (κ1) is 29.2. The Kier molecular flexibility index (Phi) is 6.11. The van der Waals surface area contributed by atoms with Gasteiger partial charge in [0.05, 0.1) is 117 Å². The fourth-order valence-corrected chi connectivity index (χ4v) is 12.9. The Balaban J connectivity index is 1.25. The van der Waals surface area contributed by atoms with Crippen LogP contribution in [0.25, 0.3) is 170 Å². The van der Waals surface area contributed by atoms with E-state index < -0.39 is 244 Å². The number of rotatable bonds is 6. The monoisotopic (exact) mass is 1100 g/mol. The zero-order valence-electron chi connectivity index (χ0n) is 67.6. The third-order valence-electron chi connectivity index (χ3n) is 16.2. The Hall–Kier alpha value is -11.9. The van der Waals surface area contributed by atoms with Crippen LogP contribution >= 0.6 is 0 Å². The maximum Gasteiger partial charge on any atom is 0.237 e. The lowest BCUT2D eigenvalue weighted by Crippen LogP contribution is -2.14. The largest absolute Gasteiger partial charge is 0.456 e. The van der Waals surface area contributed by atoms with Gasteiger partial charge in [-0.05, 0) is 93.5 Å². The van der Waals surface area contributed by atoms with Crippen LogP contribution < -0.4 is 0 Å². The highest BCUT2D eigenvalue weighted by Crippen LogP contribution is 2.54. The van der Waals surface area contributed by atoms with E-state index in [1.54, 1.807) is 48.5 Å². The van der Waals surface area contributed by atoms with Gasteiger partial charge in [0.2, 0.25) is 5.69 Å². The number of nitriles is 1. The topological polar surface area (TPSA) is 61.0 Å². The van der Waals surface area contributed by atoms with Gasteiger partial charge in [-0.1, -0.05) is 206 Å². The molecular weight excluding hydrogens is 1040 g/mol. The molecule has 0 aliphatic rings. The third-order valence-corrected chi connectivity index (χ3v) is 16.2. The van der Waals surface area contributed by atoms with Crippen LogP contribution in [0.2, 0.25) is 0 Å². The Morgan fingerprint density at radius 3 is 1.36 bits per heavy atom. The van der Waals surface area contributed by atoms with Gasteiger partial charge in [0.1, 0.15) is 17.2 Å². The van der Waals surface area contributed by atoms with Crippen molar-refractivity contribution in [3.8, 4) is 51.1 Å². The van der Waals surface area contributed by atoms with Crippen LogP contribution in [-0.2, 0) is 0 Å². The molecule has 0 N–H and O–H groups in total.